The minimum Gasteiger partial charge on any atom is -0.308 e. The smallest absolute Gasteiger partial charge is 0.308 e. The van der Waals surface area contributed by atoms with Crippen LogP contribution in [0.4, 0.5) is 0 Å². The number of unbranched alkanes of at least 4 members (excludes halogenated alkanes) is 6. The van der Waals surface area contributed by atoms with E-state index in [9.17, 15) is 4.57 Å². The first kappa shape index (κ1) is 29.6. The largest absolute Gasteiger partial charge is 0.319 e. The van der Waals surface area contributed by atoms with Crippen LogP contribution in [0.1, 0.15) is 91.9 Å². The van der Waals surface area contributed by atoms with Crippen molar-refractivity contribution in [3.05, 3.63) is 0 Å². The maximum Gasteiger partial charge on any atom is 0.319 e. The maximum absolute atomic E-state index is 11.8. The van der Waals surface area contributed by atoms with Crippen LogP contribution in [0.5, 0.6) is 0 Å². The summed E-state index contributed by atoms with van der Waals surface area (Å²) in [4.78, 5) is 0. The fourth-order valence-electron chi connectivity index (χ4n) is 2.19. The Morgan fingerprint density at radius 3 is 1.41 bits per heavy atom. The van der Waals surface area contributed by atoms with E-state index in [-0.39, 0.29) is 93.9 Å². The first-order chi connectivity index (χ1) is 9.60. The van der Waals surface area contributed by atoms with Crippen LogP contribution in [-0.2, 0) is 13.6 Å². The summed E-state index contributed by atoms with van der Waals surface area (Å²) in [6.07, 6.45) is 11.8. The minimum atomic E-state index is -2.32. The Labute approximate surface area is 204 Å². The Kier molecular flexibility index (Phi) is 29.5. The van der Waals surface area contributed by atoms with E-state index in [0.29, 0.717) is 0 Å². The summed E-state index contributed by atoms with van der Waals surface area (Å²) in [6.45, 7) is 8.39. The molecule has 0 radical (unpaired) electrons. The van der Waals surface area contributed by atoms with E-state index in [1.807, 2.05) is 13.8 Å². The third kappa shape index (κ3) is 20.9. The zero-order valence-electron chi connectivity index (χ0n) is 15.0. The summed E-state index contributed by atoms with van der Waals surface area (Å²) in [7, 11) is -2.32. The van der Waals surface area contributed by atoms with Crippen molar-refractivity contribution < 1.29 is 95.3 Å². The molecule has 0 spiro atoms. The van der Waals surface area contributed by atoms with Gasteiger partial charge in [0, 0.05) is 81.7 Å². The van der Waals surface area contributed by atoms with E-state index in [2.05, 4.69) is 13.8 Å². The summed E-state index contributed by atoms with van der Waals surface area (Å²) in [5, 5.41) is 0. The van der Waals surface area contributed by atoms with Crippen LogP contribution in [-0.4, -0.2) is 12.2 Å². The molecule has 3 nitrogen and oxygen atoms in total. The molecular weight excluding hydrogens is 560 g/mol. The second-order valence-electron chi connectivity index (χ2n) is 5.81. The van der Waals surface area contributed by atoms with E-state index >= 15 is 0 Å². The van der Waals surface area contributed by atoms with Crippen molar-refractivity contribution in [2.45, 2.75) is 104 Å². The summed E-state index contributed by atoms with van der Waals surface area (Å²) < 4.78 is 22.7. The van der Waals surface area contributed by atoms with Gasteiger partial charge >= 0.3 is 8.25 Å². The molecule has 2 unspecified atom stereocenters. The Morgan fingerprint density at radius 1 is 0.727 bits per heavy atom. The first-order valence-corrected chi connectivity index (χ1v) is 9.69. The van der Waals surface area contributed by atoms with E-state index in [4.69, 9.17) is 9.05 Å². The zero-order valence-corrected chi connectivity index (χ0v) is 22.4. The van der Waals surface area contributed by atoms with E-state index in [1.54, 1.807) is 0 Å². The van der Waals surface area contributed by atoms with E-state index in [1.165, 1.54) is 38.5 Å². The molecule has 0 aromatic rings. The first-order valence-electron chi connectivity index (χ1n) is 8.47. The number of rotatable bonds is 14. The van der Waals surface area contributed by atoms with E-state index in [0.717, 1.165) is 25.7 Å². The quantitative estimate of drug-likeness (QED) is 0.179. The third-order valence-electron chi connectivity index (χ3n) is 3.52. The van der Waals surface area contributed by atoms with Gasteiger partial charge in [0.25, 0.3) is 0 Å². The summed E-state index contributed by atoms with van der Waals surface area (Å²) >= 11 is 0. The van der Waals surface area contributed by atoms with Crippen molar-refractivity contribution in [1.82, 2.24) is 0 Å². The molecule has 0 bridgehead atoms. The van der Waals surface area contributed by atoms with Crippen molar-refractivity contribution in [1.29, 1.82) is 0 Å². The van der Waals surface area contributed by atoms with Crippen LogP contribution in [0.25, 0.3) is 0 Å². The van der Waals surface area contributed by atoms with Gasteiger partial charge in [-0.3, -0.25) is 4.57 Å². The molecule has 0 N–H and O–H groups in total. The van der Waals surface area contributed by atoms with Gasteiger partial charge in [0.1, 0.15) is 0 Å². The SMILES string of the molecule is CCCCCCC(C)O[PH](=O)OC(C)CCCCCC.[Nd].[Nd]. The fourth-order valence-corrected chi connectivity index (χ4v) is 3.14. The molecule has 0 saturated heterocycles. The molecular formula is C16H35Nd2O3P. The van der Waals surface area contributed by atoms with Gasteiger partial charge in [0.05, 0.1) is 12.2 Å². The second kappa shape index (κ2) is 21.9. The average molecular weight is 595 g/mol. The molecule has 0 amide bonds. The molecule has 0 heterocycles. The molecule has 0 aliphatic rings. The summed E-state index contributed by atoms with van der Waals surface area (Å²) in [5.74, 6) is 0. The fraction of sp³-hybridized carbons (Fsp3) is 1.00. The molecule has 6 heteroatoms. The predicted molar refractivity (Wildman–Crippen MR) is 87.6 cm³/mol. The van der Waals surface area contributed by atoms with Crippen molar-refractivity contribution in [3.63, 3.8) is 0 Å². The van der Waals surface area contributed by atoms with Gasteiger partial charge in [0.2, 0.25) is 0 Å². The van der Waals surface area contributed by atoms with Crippen molar-refractivity contribution in [2.24, 2.45) is 0 Å². The Balaban J connectivity index is -0.00000180. The minimum absolute atomic E-state index is 0. The van der Waals surface area contributed by atoms with Gasteiger partial charge < -0.3 is 9.05 Å². The van der Waals surface area contributed by atoms with Crippen LogP contribution < -0.4 is 0 Å². The monoisotopic (exact) mass is 590 g/mol. The van der Waals surface area contributed by atoms with Gasteiger partial charge in [0.15, 0.2) is 0 Å². The Morgan fingerprint density at radius 2 is 1.09 bits per heavy atom. The summed E-state index contributed by atoms with van der Waals surface area (Å²) in [6, 6.07) is 0. The van der Waals surface area contributed by atoms with Gasteiger partial charge in [-0.15, -0.1) is 0 Å². The van der Waals surface area contributed by atoms with Crippen molar-refractivity contribution >= 4 is 8.25 Å². The molecule has 0 saturated carbocycles. The standard InChI is InChI=1S/C16H35O3P.2Nd/c1-5-7-9-11-13-15(3)18-20(17)19-16(4)14-12-10-8-6-2;;/h15-16,20H,5-14H2,1-4H3;;. The molecule has 22 heavy (non-hydrogen) atoms. The van der Waals surface area contributed by atoms with Gasteiger partial charge in [-0.25, -0.2) is 0 Å². The Hall–Kier alpha value is 2.85. The average Bonchev–Trinajstić information content (AvgIpc) is 2.39. The maximum atomic E-state index is 11.8. The van der Waals surface area contributed by atoms with Crippen LogP contribution in [0, 0.1) is 81.7 Å². The van der Waals surface area contributed by atoms with E-state index < -0.39 is 8.25 Å². The number of hydrogen-bond acceptors (Lipinski definition) is 3. The molecule has 130 valence electrons. The predicted octanol–water partition coefficient (Wildman–Crippen LogP) is 6.13. The normalized spacial score (nSPS) is 14.5. The molecule has 0 rings (SSSR count). The molecule has 0 aromatic heterocycles. The Bertz CT molecular complexity index is 221. The topological polar surface area (TPSA) is 35.5 Å². The van der Waals surface area contributed by atoms with Gasteiger partial charge in [-0.05, 0) is 26.7 Å². The molecule has 0 aliphatic carbocycles. The zero-order chi connectivity index (χ0) is 15.2. The molecule has 0 aliphatic heterocycles. The molecule has 0 fully saturated rings. The van der Waals surface area contributed by atoms with Crippen LogP contribution >= 0.6 is 8.25 Å². The molecule has 0 aromatic carbocycles. The van der Waals surface area contributed by atoms with Crippen molar-refractivity contribution in [3.8, 4) is 0 Å². The van der Waals surface area contributed by atoms with Gasteiger partial charge in [-0.1, -0.05) is 65.2 Å². The van der Waals surface area contributed by atoms with Crippen LogP contribution in [0.3, 0.4) is 0 Å². The van der Waals surface area contributed by atoms with Crippen LogP contribution in [0.2, 0.25) is 0 Å². The summed E-state index contributed by atoms with van der Waals surface area (Å²) in [5.41, 5.74) is 0. The van der Waals surface area contributed by atoms with Crippen molar-refractivity contribution in [2.75, 3.05) is 0 Å². The van der Waals surface area contributed by atoms with Gasteiger partial charge in [-0.2, -0.15) is 0 Å². The second-order valence-corrected chi connectivity index (χ2v) is 6.78. The number of hydrogen-bond donors (Lipinski definition) is 0. The third-order valence-corrected chi connectivity index (χ3v) is 4.71. The molecule has 2 atom stereocenters. The van der Waals surface area contributed by atoms with Crippen LogP contribution in [0.15, 0.2) is 0 Å².